The maximum Gasteiger partial charge on any atom is 0.326 e. The average molecular weight is 592 g/mol. The third-order valence-corrected chi connectivity index (χ3v) is 6.68. The zero-order valence-electron chi connectivity index (χ0n) is 22.8. The molecule has 0 fully saturated rings. The number of nitrogens with two attached hydrogens (primary N) is 1. The lowest BCUT2D eigenvalue weighted by Gasteiger charge is -2.25. The minimum Gasteiger partial charge on any atom is -0.480 e. The molecule has 2 aromatic rings. The molecule has 0 bridgehead atoms. The molecular weight excluding hydrogens is 554 g/mol. The summed E-state index contributed by atoms with van der Waals surface area (Å²) in [5.74, 6) is -3.55. The number of H-pyrrole nitrogens is 1. The molecule has 0 spiro atoms. The molecule has 1 heterocycles. The largest absolute Gasteiger partial charge is 0.480 e. The summed E-state index contributed by atoms with van der Waals surface area (Å²) in [7, 11) is 0. The van der Waals surface area contributed by atoms with Gasteiger partial charge in [-0.25, -0.2) is 9.78 Å². The van der Waals surface area contributed by atoms with Crippen LogP contribution < -0.4 is 27.0 Å². The highest BCUT2D eigenvalue weighted by Gasteiger charge is 2.30. The number of amides is 4. The smallest absolute Gasteiger partial charge is 0.326 e. The van der Waals surface area contributed by atoms with E-state index in [4.69, 9.17) is 5.73 Å². The Morgan fingerprint density at radius 1 is 0.927 bits per heavy atom. The summed E-state index contributed by atoms with van der Waals surface area (Å²) in [6.45, 7) is 0.796. The molecule has 0 radical (unpaired) electrons. The van der Waals surface area contributed by atoms with Crippen LogP contribution in [-0.2, 0) is 36.8 Å². The Bertz CT molecular complexity index is 1150. The second kappa shape index (κ2) is 17.0. The SMILES string of the molecule is CSCC[C@H](NC(=O)[C@H](C)NC(=O)[C@H](Cc1ccccc1)NC(=O)[C@@H](N)CO)C(=O)N[C@@H](Cc1cnc[nH]1)C(=O)O. The summed E-state index contributed by atoms with van der Waals surface area (Å²) < 4.78 is 0. The molecule has 0 aliphatic heterocycles. The number of thioether (sulfide) groups is 1. The summed E-state index contributed by atoms with van der Waals surface area (Å²) in [6, 6.07) is 3.07. The number of nitrogens with zero attached hydrogens (tertiary/aromatic N) is 1. The van der Waals surface area contributed by atoms with Crippen molar-refractivity contribution in [3.05, 3.63) is 54.1 Å². The number of aromatic amines is 1. The first-order chi connectivity index (χ1) is 19.5. The van der Waals surface area contributed by atoms with E-state index in [-0.39, 0.29) is 19.3 Å². The molecule has 14 nitrogen and oxygen atoms in total. The number of carboxylic acids is 1. The molecule has 41 heavy (non-hydrogen) atoms. The van der Waals surface area contributed by atoms with Gasteiger partial charge >= 0.3 is 5.97 Å². The van der Waals surface area contributed by atoms with Gasteiger partial charge in [0.25, 0.3) is 0 Å². The topological polar surface area (TPSA) is 229 Å². The van der Waals surface area contributed by atoms with Gasteiger partial charge in [0.05, 0.1) is 12.9 Å². The standard InChI is InChI=1S/C26H37N7O7S/c1-15(30-25(38)20(32-23(36)18(27)13-34)10-16-6-4-3-5-7-16)22(35)31-19(8-9-41-2)24(37)33-21(26(39)40)11-17-12-28-14-29-17/h3-7,12,14-15,18-21,34H,8-11,13,27H2,1-2H3,(H,28,29)(H,30,38)(H,31,35)(H,32,36)(H,33,37)(H,39,40)/t15-,18-,19-,20-,21-/m0/s1. The molecular formula is C26H37N7O7S. The fraction of sp³-hybridized carbons (Fsp3) is 0.462. The van der Waals surface area contributed by atoms with Gasteiger partial charge in [0.1, 0.15) is 30.2 Å². The number of aliphatic hydroxyl groups is 1. The van der Waals surface area contributed by atoms with Gasteiger partial charge in [-0.1, -0.05) is 30.3 Å². The van der Waals surface area contributed by atoms with E-state index in [1.54, 1.807) is 30.3 Å². The van der Waals surface area contributed by atoms with Gasteiger partial charge in [0.15, 0.2) is 0 Å². The zero-order valence-corrected chi connectivity index (χ0v) is 23.6. The Labute approximate surface area is 241 Å². The van der Waals surface area contributed by atoms with Crippen LogP contribution in [0.25, 0.3) is 0 Å². The predicted octanol–water partition coefficient (Wildman–Crippen LogP) is -1.69. The second-order valence-electron chi connectivity index (χ2n) is 9.29. The molecule has 2 rings (SSSR count). The summed E-state index contributed by atoms with van der Waals surface area (Å²) in [6.07, 6.45) is 4.93. The first kappa shape index (κ1) is 33.3. The van der Waals surface area contributed by atoms with E-state index < -0.39 is 66.4 Å². The molecule has 0 unspecified atom stereocenters. The van der Waals surface area contributed by atoms with Crippen molar-refractivity contribution < 1.29 is 34.2 Å². The van der Waals surface area contributed by atoms with Gasteiger partial charge in [0.2, 0.25) is 23.6 Å². The fourth-order valence-corrected chi connectivity index (χ4v) is 4.16. The molecule has 0 aliphatic carbocycles. The minimum absolute atomic E-state index is 0.0365. The van der Waals surface area contributed by atoms with E-state index in [0.29, 0.717) is 11.4 Å². The highest BCUT2D eigenvalue weighted by atomic mass is 32.2. The lowest BCUT2D eigenvalue weighted by molar-refractivity contribution is -0.142. The Morgan fingerprint density at radius 3 is 2.15 bits per heavy atom. The number of aliphatic carboxylic acids is 1. The van der Waals surface area contributed by atoms with E-state index in [2.05, 4.69) is 31.2 Å². The number of hydrogen-bond donors (Lipinski definition) is 8. The summed E-state index contributed by atoms with van der Waals surface area (Å²) in [5.41, 5.74) is 6.83. The van der Waals surface area contributed by atoms with Crippen LogP contribution in [0.4, 0.5) is 0 Å². The normalized spacial score (nSPS) is 14.5. The van der Waals surface area contributed by atoms with Crippen molar-refractivity contribution in [2.45, 2.75) is 56.4 Å². The maximum absolute atomic E-state index is 13.1. The lowest BCUT2D eigenvalue weighted by Crippen LogP contribution is -2.58. The molecule has 1 aromatic heterocycles. The number of imidazole rings is 1. The minimum atomic E-state index is -1.26. The molecule has 4 amide bonds. The molecule has 9 N–H and O–H groups in total. The van der Waals surface area contributed by atoms with Crippen LogP contribution in [-0.4, -0.2) is 98.6 Å². The van der Waals surface area contributed by atoms with Crippen molar-refractivity contribution in [1.82, 2.24) is 31.2 Å². The van der Waals surface area contributed by atoms with Crippen LogP contribution >= 0.6 is 11.8 Å². The number of carbonyl (C=O) groups is 5. The quantitative estimate of drug-likeness (QED) is 0.104. The molecule has 1 aromatic carbocycles. The van der Waals surface area contributed by atoms with Gasteiger partial charge in [-0.3, -0.25) is 19.2 Å². The molecule has 0 saturated heterocycles. The van der Waals surface area contributed by atoms with Gasteiger partial charge in [-0.2, -0.15) is 11.8 Å². The molecule has 5 atom stereocenters. The van der Waals surface area contributed by atoms with Crippen LogP contribution in [0.2, 0.25) is 0 Å². The Hall–Kier alpha value is -3.95. The maximum atomic E-state index is 13.1. The van der Waals surface area contributed by atoms with Crippen molar-refractivity contribution in [3.63, 3.8) is 0 Å². The number of nitrogens with one attached hydrogen (secondary N) is 5. The van der Waals surface area contributed by atoms with Crippen LogP contribution in [0.3, 0.4) is 0 Å². The number of aliphatic hydroxyl groups excluding tert-OH is 1. The lowest BCUT2D eigenvalue weighted by atomic mass is 10.0. The van der Waals surface area contributed by atoms with Crippen molar-refractivity contribution >= 4 is 41.4 Å². The van der Waals surface area contributed by atoms with Crippen LogP contribution in [0, 0.1) is 0 Å². The third-order valence-electron chi connectivity index (χ3n) is 6.04. The fourth-order valence-electron chi connectivity index (χ4n) is 3.69. The van der Waals surface area contributed by atoms with E-state index >= 15 is 0 Å². The highest BCUT2D eigenvalue weighted by molar-refractivity contribution is 7.98. The second-order valence-corrected chi connectivity index (χ2v) is 10.3. The van der Waals surface area contributed by atoms with Gasteiger partial charge in [-0.15, -0.1) is 0 Å². The number of hydrogen-bond acceptors (Lipinski definition) is 9. The van der Waals surface area contributed by atoms with Gasteiger partial charge < -0.3 is 42.2 Å². The Balaban J connectivity index is 2.08. The monoisotopic (exact) mass is 591 g/mol. The predicted molar refractivity (Wildman–Crippen MR) is 152 cm³/mol. The summed E-state index contributed by atoms with van der Waals surface area (Å²) in [5, 5.41) is 28.9. The van der Waals surface area contributed by atoms with Crippen molar-refractivity contribution in [2.24, 2.45) is 5.73 Å². The number of benzene rings is 1. The Kier molecular flexibility index (Phi) is 13.8. The molecule has 0 saturated carbocycles. The van der Waals surface area contributed by atoms with Crippen LogP contribution in [0.15, 0.2) is 42.9 Å². The van der Waals surface area contributed by atoms with Crippen LogP contribution in [0.1, 0.15) is 24.6 Å². The third kappa shape index (κ3) is 11.2. The average Bonchev–Trinajstić information content (AvgIpc) is 3.47. The zero-order chi connectivity index (χ0) is 30.4. The number of carboxylic acid groups (broad SMARTS) is 1. The number of rotatable bonds is 17. The van der Waals surface area contributed by atoms with Gasteiger partial charge in [-0.05, 0) is 30.9 Å². The molecule has 0 aliphatic rings. The first-order valence-electron chi connectivity index (χ1n) is 12.9. The first-order valence-corrected chi connectivity index (χ1v) is 14.3. The number of aromatic nitrogens is 2. The van der Waals surface area contributed by atoms with E-state index in [1.165, 1.54) is 31.2 Å². The molecule has 15 heteroatoms. The van der Waals surface area contributed by atoms with Crippen LogP contribution in [0.5, 0.6) is 0 Å². The van der Waals surface area contributed by atoms with Crippen molar-refractivity contribution in [1.29, 1.82) is 0 Å². The number of carbonyl (C=O) groups excluding carboxylic acids is 4. The van der Waals surface area contributed by atoms with E-state index in [9.17, 15) is 34.2 Å². The van der Waals surface area contributed by atoms with E-state index in [0.717, 1.165) is 5.56 Å². The van der Waals surface area contributed by atoms with Crippen molar-refractivity contribution in [3.8, 4) is 0 Å². The van der Waals surface area contributed by atoms with E-state index in [1.807, 2.05) is 6.26 Å². The molecule has 224 valence electrons. The van der Waals surface area contributed by atoms with Gasteiger partial charge in [0, 0.05) is 24.7 Å². The highest BCUT2D eigenvalue weighted by Crippen LogP contribution is 2.07. The summed E-state index contributed by atoms with van der Waals surface area (Å²) in [4.78, 5) is 69.8. The summed E-state index contributed by atoms with van der Waals surface area (Å²) >= 11 is 1.44. The Morgan fingerprint density at radius 2 is 1.56 bits per heavy atom. The van der Waals surface area contributed by atoms with Crippen molar-refractivity contribution in [2.75, 3.05) is 18.6 Å².